The number of rotatable bonds is 10. The van der Waals surface area contributed by atoms with Crippen LogP contribution in [0.1, 0.15) is 47.5 Å². The minimum absolute atomic E-state index is 0.0839. The molecular weight excluding hydrogens is 260 g/mol. The van der Waals surface area contributed by atoms with E-state index in [1.54, 1.807) is 6.92 Å². The lowest BCUT2D eigenvalue weighted by atomic mass is 9.77. The Morgan fingerprint density at radius 2 is 1.75 bits per heavy atom. The molecule has 0 radical (unpaired) electrons. The average Bonchev–Trinajstić information content (AvgIpc) is 2.32. The average molecular weight is 288 g/mol. The van der Waals surface area contributed by atoms with Crippen molar-refractivity contribution in [2.45, 2.75) is 47.5 Å². The zero-order valence-electron chi connectivity index (χ0n) is 13.3. The SMILES string of the molecule is CCOC(=O)C(CCOCC(C)C)(CC(C)C)C(=O)O. The molecular formula is C15H28O5. The summed E-state index contributed by atoms with van der Waals surface area (Å²) >= 11 is 0. The van der Waals surface area contributed by atoms with Crippen LogP contribution >= 0.6 is 0 Å². The second-order valence-corrected chi connectivity index (χ2v) is 5.92. The maximum atomic E-state index is 12.1. The highest BCUT2D eigenvalue weighted by Gasteiger charge is 2.47. The summed E-state index contributed by atoms with van der Waals surface area (Å²) in [5.74, 6) is -1.32. The van der Waals surface area contributed by atoms with Crippen molar-refractivity contribution in [1.82, 2.24) is 0 Å². The Kier molecular flexibility index (Phi) is 8.46. The molecule has 0 rings (SSSR count). The molecule has 0 bridgehead atoms. The van der Waals surface area contributed by atoms with E-state index in [9.17, 15) is 14.7 Å². The maximum absolute atomic E-state index is 12.1. The molecule has 1 unspecified atom stereocenters. The molecule has 0 spiro atoms. The Balaban J connectivity index is 4.90. The highest BCUT2D eigenvalue weighted by atomic mass is 16.5. The predicted octanol–water partition coefficient (Wildman–Crippen LogP) is 2.73. The number of esters is 1. The summed E-state index contributed by atoms with van der Waals surface area (Å²) in [5.41, 5.74) is -1.50. The van der Waals surface area contributed by atoms with Gasteiger partial charge in [0.1, 0.15) is 0 Å². The van der Waals surface area contributed by atoms with Gasteiger partial charge in [-0.15, -0.1) is 0 Å². The van der Waals surface area contributed by atoms with E-state index in [1.165, 1.54) is 0 Å². The van der Waals surface area contributed by atoms with Gasteiger partial charge < -0.3 is 14.6 Å². The molecule has 5 heteroatoms. The molecule has 0 aromatic rings. The van der Waals surface area contributed by atoms with Crippen LogP contribution in [0, 0.1) is 17.3 Å². The van der Waals surface area contributed by atoms with Crippen molar-refractivity contribution in [1.29, 1.82) is 0 Å². The smallest absolute Gasteiger partial charge is 0.323 e. The first-order valence-corrected chi connectivity index (χ1v) is 7.24. The second-order valence-electron chi connectivity index (χ2n) is 5.92. The van der Waals surface area contributed by atoms with E-state index in [4.69, 9.17) is 9.47 Å². The molecule has 0 fully saturated rings. The number of carboxylic acid groups (broad SMARTS) is 1. The largest absolute Gasteiger partial charge is 0.480 e. The zero-order valence-corrected chi connectivity index (χ0v) is 13.3. The Morgan fingerprint density at radius 1 is 1.15 bits per heavy atom. The van der Waals surface area contributed by atoms with Gasteiger partial charge in [-0.2, -0.15) is 0 Å². The van der Waals surface area contributed by atoms with Crippen LogP contribution in [-0.4, -0.2) is 36.9 Å². The number of carboxylic acids is 1. The van der Waals surface area contributed by atoms with E-state index >= 15 is 0 Å². The Morgan fingerprint density at radius 3 is 2.15 bits per heavy atom. The fourth-order valence-corrected chi connectivity index (χ4v) is 2.10. The summed E-state index contributed by atoms with van der Waals surface area (Å²) in [7, 11) is 0. The van der Waals surface area contributed by atoms with Gasteiger partial charge in [0.05, 0.1) is 6.61 Å². The fraction of sp³-hybridized carbons (Fsp3) is 0.867. The quantitative estimate of drug-likeness (QED) is 0.380. The first-order chi connectivity index (χ1) is 9.26. The van der Waals surface area contributed by atoms with Gasteiger partial charge in [0.2, 0.25) is 0 Å². The minimum Gasteiger partial charge on any atom is -0.480 e. The van der Waals surface area contributed by atoms with E-state index in [-0.39, 0.29) is 32.0 Å². The van der Waals surface area contributed by atoms with Crippen LogP contribution in [0.2, 0.25) is 0 Å². The van der Waals surface area contributed by atoms with Crippen LogP contribution in [0.25, 0.3) is 0 Å². The molecule has 1 N–H and O–H groups in total. The number of ether oxygens (including phenoxy) is 2. The molecule has 0 saturated heterocycles. The Labute approximate surface area is 121 Å². The summed E-state index contributed by atoms with van der Waals surface area (Å²) in [6.07, 6.45) is 0.401. The summed E-state index contributed by atoms with van der Waals surface area (Å²) in [6.45, 7) is 10.5. The lowest BCUT2D eigenvalue weighted by molar-refractivity contribution is -0.171. The molecule has 0 aromatic carbocycles. The van der Waals surface area contributed by atoms with Crippen molar-refractivity contribution in [3.8, 4) is 0 Å². The summed E-state index contributed by atoms with van der Waals surface area (Å²) in [4.78, 5) is 23.8. The molecule has 0 aliphatic heterocycles. The number of hydrogen-bond acceptors (Lipinski definition) is 4. The van der Waals surface area contributed by atoms with E-state index in [1.807, 2.05) is 27.7 Å². The molecule has 118 valence electrons. The van der Waals surface area contributed by atoms with Crippen LogP contribution in [-0.2, 0) is 19.1 Å². The van der Waals surface area contributed by atoms with Gasteiger partial charge in [-0.1, -0.05) is 27.7 Å². The molecule has 0 heterocycles. The van der Waals surface area contributed by atoms with Crippen molar-refractivity contribution in [3.05, 3.63) is 0 Å². The van der Waals surface area contributed by atoms with Crippen LogP contribution < -0.4 is 0 Å². The first-order valence-electron chi connectivity index (χ1n) is 7.24. The predicted molar refractivity (Wildman–Crippen MR) is 76.4 cm³/mol. The molecule has 1 atom stereocenters. The number of hydrogen-bond donors (Lipinski definition) is 1. The van der Waals surface area contributed by atoms with E-state index in [0.29, 0.717) is 12.5 Å². The topological polar surface area (TPSA) is 72.8 Å². The van der Waals surface area contributed by atoms with Crippen LogP contribution in [0.5, 0.6) is 0 Å². The van der Waals surface area contributed by atoms with Crippen LogP contribution in [0.4, 0.5) is 0 Å². The van der Waals surface area contributed by atoms with Crippen molar-refractivity contribution in [2.24, 2.45) is 17.3 Å². The van der Waals surface area contributed by atoms with E-state index < -0.39 is 17.4 Å². The third-order valence-corrected chi connectivity index (χ3v) is 2.96. The fourth-order valence-electron chi connectivity index (χ4n) is 2.10. The number of aliphatic carboxylic acids is 1. The maximum Gasteiger partial charge on any atom is 0.323 e. The monoisotopic (exact) mass is 288 g/mol. The molecule has 5 nitrogen and oxygen atoms in total. The van der Waals surface area contributed by atoms with Gasteiger partial charge in [-0.25, -0.2) is 0 Å². The number of carbonyl (C=O) groups excluding carboxylic acids is 1. The standard InChI is InChI=1S/C15H28O5/c1-6-20-14(18)15(13(16)17,9-11(2)3)7-8-19-10-12(4)5/h11-12H,6-10H2,1-5H3,(H,16,17). The minimum atomic E-state index is -1.50. The zero-order chi connectivity index (χ0) is 15.8. The molecule has 0 aliphatic rings. The van der Waals surface area contributed by atoms with Crippen LogP contribution in [0.15, 0.2) is 0 Å². The van der Waals surface area contributed by atoms with Gasteiger partial charge in [0, 0.05) is 13.2 Å². The van der Waals surface area contributed by atoms with Gasteiger partial charge in [0.15, 0.2) is 5.41 Å². The first kappa shape index (κ1) is 18.9. The molecule has 0 aliphatic carbocycles. The summed E-state index contributed by atoms with van der Waals surface area (Å²) in [5, 5.41) is 9.52. The van der Waals surface area contributed by atoms with Crippen molar-refractivity contribution < 1.29 is 24.2 Å². The third kappa shape index (κ3) is 5.90. The van der Waals surface area contributed by atoms with Crippen molar-refractivity contribution >= 4 is 11.9 Å². The lowest BCUT2D eigenvalue weighted by Crippen LogP contribution is -2.43. The van der Waals surface area contributed by atoms with Gasteiger partial charge in [0.25, 0.3) is 0 Å². The third-order valence-electron chi connectivity index (χ3n) is 2.96. The highest BCUT2D eigenvalue weighted by molar-refractivity contribution is 5.99. The molecule has 0 saturated carbocycles. The normalized spacial score (nSPS) is 14.3. The Hall–Kier alpha value is -1.10. The van der Waals surface area contributed by atoms with Crippen LogP contribution in [0.3, 0.4) is 0 Å². The highest BCUT2D eigenvalue weighted by Crippen LogP contribution is 2.33. The van der Waals surface area contributed by atoms with E-state index in [0.717, 1.165) is 0 Å². The van der Waals surface area contributed by atoms with Gasteiger partial charge in [-0.3, -0.25) is 9.59 Å². The summed E-state index contributed by atoms with van der Waals surface area (Å²) in [6, 6.07) is 0. The van der Waals surface area contributed by atoms with E-state index in [2.05, 4.69) is 0 Å². The Bertz CT molecular complexity index is 311. The summed E-state index contributed by atoms with van der Waals surface area (Å²) < 4.78 is 10.4. The number of carbonyl (C=O) groups is 2. The van der Waals surface area contributed by atoms with Gasteiger partial charge >= 0.3 is 11.9 Å². The molecule has 20 heavy (non-hydrogen) atoms. The van der Waals surface area contributed by atoms with Crippen molar-refractivity contribution in [2.75, 3.05) is 19.8 Å². The van der Waals surface area contributed by atoms with Crippen molar-refractivity contribution in [3.63, 3.8) is 0 Å². The van der Waals surface area contributed by atoms with Gasteiger partial charge in [-0.05, 0) is 31.6 Å². The molecule has 0 amide bonds. The lowest BCUT2D eigenvalue weighted by Gasteiger charge is -2.28. The molecule has 0 aromatic heterocycles. The second kappa shape index (κ2) is 8.95.